The molecule has 0 radical (unpaired) electrons. The van der Waals surface area contributed by atoms with Crippen molar-refractivity contribution in [2.75, 3.05) is 4.72 Å². The van der Waals surface area contributed by atoms with Gasteiger partial charge in [-0.15, -0.1) is 11.3 Å². The first-order chi connectivity index (χ1) is 9.35. The van der Waals surface area contributed by atoms with Crippen molar-refractivity contribution in [1.29, 1.82) is 0 Å². The summed E-state index contributed by atoms with van der Waals surface area (Å²) < 4.78 is 27.9. The van der Waals surface area contributed by atoms with Crippen LogP contribution >= 0.6 is 34.5 Å². The van der Waals surface area contributed by atoms with E-state index in [9.17, 15) is 8.42 Å². The van der Waals surface area contributed by atoms with E-state index in [1.807, 2.05) is 32.0 Å². The quantitative estimate of drug-likeness (QED) is 0.867. The molecule has 0 saturated heterocycles. The SMILES string of the molecule is CCc1cccc(C)c1NS(=O)(=O)c1cc(Cl)sc1Cl. The average Bonchev–Trinajstić information content (AvgIpc) is 2.72. The monoisotopic (exact) mass is 349 g/mol. The largest absolute Gasteiger partial charge is 0.279 e. The molecule has 0 atom stereocenters. The predicted octanol–water partition coefficient (Wildman–Crippen LogP) is 4.73. The van der Waals surface area contributed by atoms with Crippen LogP contribution in [0.3, 0.4) is 0 Å². The van der Waals surface area contributed by atoms with Crippen LogP contribution in [0, 0.1) is 6.92 Å². The van der Waals surface area contributed by atoms with Gasteiger partial charge in [0, 0.05) is 0 Å². The second-order valence-electron chi connectivity index (χ2n) is 4.26. The average molecular weight is 350 g/mol. The topological polar surface area (TPSA) is 46.2 Å². The predicted molar refractivity (Wildman–Crippen MR) is 85.7 cm³/mol. The van der Waals surface area contributed by atoms with Gasteiger partial charge in [0.05, 0.1) is 10.0 Å². The van der Waals surface area contributed by atoms with Crippen molar-refractivity contribution in [3.05, 3.63) is 44.1 Å². The molecule has 0 bridgehead atoms. The number of aryl methyl sites for hydroxylation is 2. The Hall–Kier alpha value is -0.750. The van der Waals surface area contributed by atoms with Gasteiger partial charge in [-0.25, -0.2) is 8.42 Å². The molecular formula is C13H13Cl2NO2S2. The Morgan fingerprint density at radius 1 is 1.30 bits per heavy atom. The molecule has 0 saturated carbocycles. The van der Waals surface area contributed by atoms with E-state index in [0.29, 0.717) is 10.0 Å². The number of sulfonamides is 1. The minimum atomic E-state index is -3.73. The molecule has 2 aromatic rings. The van der Waals surface area contributed by atoms with E-state index in [1.54, 1.807) is 0 Å². The van der Waals surface area contributed by atoms with Gasteiger partial charge in [0.25, 0.3) is 10.0 Å². The number of para-hydroxylation sites is 1. The molecule has 0 aliphatic heterocycles. The molecular weight excluding hydrogens is 337 g/mol. The van der Waals surface area contributed by atoms with E-state index in [1.165, 1.54) is 6.07 Å². The van der Waals surface area contributed by atoms with Gasteiger partial charge in [0.2, 0.25) is 0 Å². The molecule has 1 aromatic carbocycles. The smallest absolute Gasteiger partial charge is 0.264 e. The molecule has 1 aromatic heterocycles. The van der Waals surface area contributed by atoms with Crippen LogP contribution in [0.15, 0.2) is 29.2 Å². The fraction of sp³-hybridized carbons (Fsp3) is 0.231. The van der Waals surface area contributed by atoms with Crippen molar-refractivity contribution < 1.29 is 8.42 Å². The zero-order chi connectivity index (χ0) is 14.9. The summed E-state index contributed by atoms with van der Waals surface area (Å²) in [6.45, 7) is 3.83. The van der Waals surface area contributed by atoms with Gasteiger partial charge in [-0.1, -0.05) is 48.3 Å². The number of hydrogen-bond acceptors (Lipinski definition) is 3. The second kappa shape index (κ2) is 5.93. The van der Waals surface area contributed by atoms with Crippen LogP contribution in [0.25, 0.3) is 0 Å². The third kappa shape index (κ3) is 3.11. The highest BCUT2D eigenvalue weighted by Gasteiger charge is 2.22. The minimum absolute atomic E-state index is 0.0134. The third-order valence-electron chi connectivity index (χ3n) is 2.89. The molecule has 0 aliphatic rings. The molecule has 0 amide bonds. The summed E-state index contributed by atoms with van der Waals surface area (Å²) in [7, 11) is -3.73. The fourth-order valence-electron chi connectivity index (χ4n) is 1.87. The van der Waals surface area contributed by atoms with E-state index in [0.717, 1.165) is 28.9 Å². The van der Waals surface area contributed by atoms with Crippen LogP contribution < -0.4 is 4.72 Å². The maximum atomic E-state index is 12.4. The lowest BCUT2D eigenvalue weighted by Gasteiger charge is -2.14. The maximum absolute atomic E-state index is 12.4. The summed E-state index contributed by atoms with van der Waals surface area (Å²) in [4.78, 5) is 0.0134. The molecule has 108 valence electrons. The Bertz CT molecular complexity index is 739. The van der Waals surface area contributed by atoms with Gasteiger partial charge >= 0.3 is 0 Å². The lowest BCUT2D eigenvalue weighted by Crippen LogP contribution is -2.14. The Morgan fingerprint density at radius 2 is 2.00 bits per heavy atom. The van der Waals surface area contributed by atoms with E-state index < -0.39 is 10.0 Å². The first kappa shape index (κ1) is 15.6. The van der Waals surface area contributed by atoms with Crippen molar-refractivity contribution in [3.63, 3.8) is 0 Å². The summed E-state index contributed by atoms with van der Waals surface area (Å²) in [5.41, 5.74) is 2.41. The number of nitrogens with one attached hydrogen (secondary N) is 1. The lowest BCUT2D eigenvalue weighted by molar-refractivity contribution is 0.601. The first-order valence-electron chi connectivity index (χ1n) is 5.91. The van der Waals surface area contributed by atoms with Crippen molar-refractivity contribution in [2.24, 2.45) is 0 Å². The molecule has 7 heteroatoms. The molecule has 1 N–H and O–H groups in total. The molecule has 20 heavy (non-hydrogen) atoms. The number of anilines is 1. The summed E-state index contributed by atoms with van der Waals surface area (Å²) >= 11 is 12.8. The first-order valence-corrected chi connectivity index (χ1v) is 8.97. The summed E-state index contributed by atoms with van der Waals surface area (Å²) in [5, 5.41) is 0. The number of hydrogen-bond donors (Lipinski definition) is 1. The number of thiophene rings is 1. The molecule has 0 fully saturated rings. The highest BCUT2D eigenvalue weighted by molar-refractivity contribution is 7.93. The summed E-state index contributed by atoms with van der Waals surface area (Å²) in [6, 6.07) is 7.02. The normalized spacial score (nSPS) is 11.6. The van der Waals surface area contributed by atoms with Crippen molar-refractivity contribution in [1.82, 2.24) is 0 Å². The maximum Gasteiger partial charge on any atom is 0.264 e. The zero-order valence-corrected chi connectivity index (χ0v) is 14.1. The van der Waals surface area contributed by atoms with Gasteiger partial charge in [-0.3, -0.25) is 4.72 Å². The van der Waals surface area contributed by atoms with E-state index in [2.05, 4.69) is 4.72 Å². The molecule has 1 heterocycles. The Morgan fingerprint density at radius 3 is 2.55 bits per heavy atom. The van der Waals surface area contributed by atoms with Gasteiger partial charge < -0.3 is 0 Å². The van der Waals surface area contributed by atoms with Crippen molar-refractivity contribution >= 4 is 50.2 Å². The Labute approximate surface area is 132 Å². The third-order valence-corrected chi connectivity index (χ3v) is 5.99. The molecule has 0 spiro atoms. The highest BCUT2D eigenvalue weighted by Crippen LogP contribution is 2.35. The molecule has 2 rings (SSSR count). The summed E-state index contributed by atoms with van der Waals surface area (Å²) in [5.74, 6) is 0. The van der Waals surface area contributed by atoms with Crippen molar-refractivity contribution in [3.8, 4) is 0 Å². The molecule has 0 aliphatic carbocycles. The van der Waals surface area contributed by atoms with Crippen LogP contribution in [0.1, 0.15) is 18.1 Å². The molecule has 3 nitrogen and oxygen atoms in total. The van der Waals surface area contributed by atoms with Gasteiger partial charge in [0.1, 0.15) is 9.23 Å². The minimum Gasteiger partial charge on any atom is -0.279 e. The Kier molecular flexibility index (Phi) is 4.64. The molecule has 0 unspecified atom stereocenters. The number of rotatable bonds is 4. The number of halogens is 2. The fourth-order valence-corrected chi connectivity index (χ4v) is 5.19. The highest BCUT2D eigenvalue weighted by atomic mass is 35.5. The standard InChI is InChI=1S/C13H13Cl2NO2S2/c1-3-9-6-4-5-8(2)12(9)16-20(17,18)10-7-11(14)19-13(10)15/h4-7,16H,3H2,1-2H3. The van der Waals surface area contributed by atoms with Crippen LogP contribution in [-0.2, 0) is 16.4 Å². The van der Waals surface area contributed by atoms with Crippen LogP contribution in [-0.4, -0.2) is 8.42 Å². The second-order valence-corrected chi connectivity index (χ2v) is 8.19. The van der Waals surface area contributed by atoms with E-state index in [-0.39, 0.29) is 9.23 Å². The number of benzene rings is 1. The zero-order valence-electron chi connectivity index (χ0n) is 10.9. The van der Waals surface area contributed by atoms with E-state index in [4.69, 9.17) is 23.2 Å². The van der Waals surface area contributed by atoms with Gasteiger partial charge in [0.15, 0.2) is 0 Å². The van der Waals surface area contributed by atoms with Crippen LogP contribution in [0.5, 0.6) is 0 Å². The van der Waals surface area contributed by atoms with Crippen molar-refractivity contribution in [2.45, 2.75) is 25.2 Å². The van der Waals surface area contributed by atoms with Gasteiger partial charge in [-0.2, -0.15) is 0 Å². The van der Waals surface area contributed by atoms with E-state index >= 15 is 0 Å². The van der Waals surface area contributed by atoms with Crippen LogP contribution in [0.2, 0.25) is 8.67 Å². The summed E-state index contributed by atoms with van der Waals surface area (Å²) in [6.07, 6.45) is 0.734. The Balaban J connectivity index is 2.46. The lowest BCUT2D eigenvalue weighted by atomic mass is 10.1. The van der Waals surface area contributed by atoms with Gasteiger partial charge in [-0.05, 0) is 30.5 Å². The van der Waals surface area contributed by atoms with Crippen LogP contribution in [0.4, 0.5) is 5.69 Å².